The van der Waals surface area contributed by atoms with Crippen LogP contribution in [-0.2, 0) is 0 Å². The maximum atomic E-state index is 3.10. The van der Waals surface area contributed by atoms with Gasteiger partial charge in [0.15, 0.2) is 0 Å². The third-order valence-corrected chi connectivity index (χ3v) is 3.69. The Hall–Kier alpha value is -2.72. The minimum atomic E-state index is 1.05. The Bertz CT molecular complexity index is 740. The zero-order valence-electron chi connectivity index (χ0n) is 12.8. The molecule has 0 saturated heterocycles. The summed E-state index contributed by atoms with van der Waals surface area (Å²) >= 11 is 0. The van der Waals surface area contributed by atoms with Crippen molar-refractivity contribution >= 4 is 11.4 Å². The van der Waals surface area contributed by atoms with E-state index in [0.29, 0.717) is 0 Å². The summed E-state index contributed by atoms with van der Waals surface area (Å²) in [5.41, 5.74) is 4.74. The normalized spacial score (nSPS) is 13.0. The first-order valence-electron chi connectivity index (χ1n) is 7.62. The molecule has 0 bridgehead atoms. The molecule has 0 fully saturated rings. The van der Waals surface area contributed by atoms with Gasteiger partial charge in [0.05, 0.1) is 0 Å². The zero-order valence-corrected chi connectivity index (χ0v) is 12.8. The number of hydrogen-bond acceptors (Lipinski definition) is 1. The van der Waals surface area contributed by atoms with Crippen molar-refractivity contribution in [2.75, 3.05) is 4.90 Å². The molecule has 22 heavy (non-hydrogen) atoms. The Morgan fingerprint density at radius 1 is 0.909 bits per heavy atom. The second-order valence-corrected chi connectivity index (χ2v) is 5.22. The lowest BCUT2D eigenvalue weighted by molar-refractivity contribution is 0.917. The number of benzene rings is 2. The predicted octanol–water partition coefficient (Wildman–Crippen LogP) is 5.43. The van der Waals surface area contributed by atoms with Gasteiger partial charge < -0.3 is 4.90 Å². The first kappa shape index (κ1) is 14.2. The molecule has 0 unspecified atom stereocenters. The topological polar surface area (TPSA) is 3.24 Å². The molecule has 1 aliphatic rings. The van der Waals surface area contributed by atoms with E-state index in [-0.39, 0.29) is 0 Å². The van der Waals surface area contributed by atoms with E-state index in [1.54, 1.807) is 0 Å². The second-order valence-electron chi connectivity index (χ2n) is 5.22. The third kappa shape index (κ3) is 3.13. The number of rotatable bonds is 3. The second kappa shape index (κ2) is 6.83. The van der Waals surface area contributed by atoms with Gasteiger partial charge in [0, 0.05) is 22.6 Å². The van der Waals surface area contributed by atoms with E-state index in [2.05, 4.69) is 89.6 Å². The fourth-order valence-corrected chi connectivity index (χ4v) is 2.67. The molecule has 2 aromatic rings. The molecule has 108 valence electrons. The van der Waals surface area contributed by atoms with Gasteiger partial charge in [-0.25, -0.2) is 0 Å². The number of nitrogens with zero attached hydrogens (tertiary/aromatic N) is 1. The van der Waals surface area contributed by atoms with Crippen LogP contribution in [0.2, 0.25) is 0 Å². The molecule has 0 saturated carbocycles. The van der Waals surface area contributed by atoms with E-state index in [9.17, 15) is 0 Å². The highest BCUT2D eigenvalue weighted by molar-refractivity contribution is 5.69. The van der Waals surface area contributed by atoms with E-state index in [1.165, 1.54) is 17.1 Å². The van der Waals surface area contributed by atoms with E-state index >= 15 is 0 Å². The van der Waals surface area contributed by atoms with Crippen LogP contribution in [0.5, 0.6) is 0 Å². The number of hydrogen-bond donors (Lipinski definition) is 0. The number of para-hydroxylation sites is 1. The van der Waals surface area contributed by atoms with Crippen molar-refractivity contribution in [3.8, 4) is 11.8 Å². The van der Waals surface area contributed by atoms with Crippen molar-refractivity contribution in [2.24, 2.45) is 0 Å². The molecule has 3 rings (SSSR count). The third-order valence-electron chi connectivity index (χ3n) is 3.69. The van der Waals surface area contributed by atoms with Crippen LogP contribution < -0.4 is 4.90 Å². The first-order valence-corrected chi connectivity index (χ1v) is 7.62. The average molecular weight is 285 g/mol. The van der Waals surface area contributed by atoms with Gasteiger partial charge in [0.25, 0.3) is 0 Å². The summed E-state index contributed by atoms with van der Waals surface area (Å²) in [5.74, 6) is 6.04. The van der Waals surface area contributed by atoms with Crippen molar-refractivity contribution in [1.29, 1.82) is 0 Å². The lowest BCUT2D eigenvalue weighted by Crippen LogP contribution is -2.17. The van der Waals surface area contributed by atoms with Crippen LogP contribution in [0.3, 0.4) is 0 Å². The van der Waals surface area contributed by atoms with Crippen LogP contribution in [0.4, 0.5) is 11.4 Å². The van der Waals surface area contributed by atoms with Crippen molar-refractivity contribution in [3.63, 3.8) is 0 Å². The summed E-state index contributed by atoms with van der Waals surface area (Å²) in [5, 5.41) is 0. The van der Waals surface area contributed by atoms with E-state index < -0.39 is 0 Å². The highest BCUT2D eigenvalue weighted by Gasteiger charge is 2.14. The van der Waals surface area contributed by atoms with Gasteiger partial charge >= 0.3 is 0 Å². The summed E-state index contributed by atoms with van der Waals surface area (Å²) in [6, 6.07) is 19.0. The van der Waals surface area contributed by atoms with Crippen molar-refractivity contribution in [3.05, 3.63) is 84.1 Å². The zero-order chi connectivity index (χ0) is 15.2. The highest BCUT2D eigenvalue weighted by Crippen LogP contribution is 2.32. The molecule has 0 atom stereocenters. The summed E-state index contributed by atoms with van der Waals surface area (Å²) in [6.45, 7) is 1.86. The maximum absolute atomic E-state index is 3.10. The molecular weight excluding hydrogens is 266 g/mol. The minimum Gasteiger partial charge on any atom is -0.314 e. The van der Waals surface area contributed by atoms with Gasteiger partial charge in [0.2, 0.25) is 0 Å². The molecule has 0 N–H and O–H groups in total. The lowest BCUT2D eigenvalue weighted by Gasteiger charge is -2.28. The highest BCUT2D eigenvalue weighted by atomic mass is 15.1. The van der Waals surface area contributed by atoms with E-state index in [1.807, 2.05) is 6.92 Å². The molecule has 1 heteroatoms. The van der Waals surface area contributed by atoms with Gasteiger partial charge in [0.1, 0.15) is 0 Å². The fraction of sp³-hybridized carbons (Fsp3) is 0.143. The minimum absolute atomic E-state index is 1.05. The molecule has 0 amide bonds. The maximum Gasteiger partial charge on any atom is 0.0459 e. The van der Waals surface area contributed by atoms with Gasteiger partial charge in [-0.05, 0) is 62.2 Å². The van der Waals surface area contributed by atoms with Crippen LogP contribution in [-0.4, -0.2) is 0 Å². The Morgan fingerprint density at radius 2 is 1.64 bits per heavy atom. The summed E-state index contributed by atoms with van der Waals surface area (Å²) in [7, 11) is 0. The molecule has 0 spiro atoms. The Morgan fingerprint density at radius 3 is 2.27 bits per heavy atom. The van der Waals surface area contributed by atoms with Crippen molar-refractivity contribution in [2.45, 2.75) is 19.8 Å². The standard InChI is InChI=1S/C21H19N/c1-2-9-18-14-16-21(17-15-18)22(19-10-5-3-6-11-19)20-12-7-4-8-13-20/h3-7,10-12,14-17H,8,13H2,1H3. The van der Waals surface area contributed by atoms with Gasteiger partial charge in [-0.2, -0.15) is 0 Å². The molecule has 0 aliphatic heterocycles. The first-order chi connectivity index (χ1) is 10.9. The number of anilines is 2. The average Bonchev–Trinajstić information content (AvgIpc) is 2.59. The Labute approximate surface area is 132 Å². The quantitative estimate of drug-likeness (QED) is 0.680. The molecule has 1 nitrogen and oxygen atoms in total. The smallest absolute Gasteiger partial charge is 0.0459 e. The Balaban J connectivity index is 2.02. The molecule has 0 heterocycles. The number of allylic oxidation sites excluding steroid dienone is 4. The van der Waals surface area contributed by atoms with Gasteiger partial charge in [-0.3, -0.25) is 0 Å². The largest absolute Gasteiger partial charge is 0.314 e. The summed E-state index contributed by atoms with van der Waals surface area (Å²) in [4.78, 5) is 2.33. The summed E-state index contributed by atoms with van der Waals surface area (Å²) in [6.07, 6.45) is 8.71. The van der Waals surface area contributed by atoms with Crippen LogP contribution >= 0.6 is 0 Å². The van der Waals surface area contributed by atoms with Crippen LogP contribution in [0.15, 0.2) is 78.5 Å². The molecule has 0 aromatic heterocycles. The monoisotopic (exact) mass is 285 g/mol. The van der Waals surface area contributed by atoms with Crippen LogP contribution in [0.25, 0.3) is 0 Å². The van der Waals surface area contributed by atoms with E-state index in [0.717, 1.165) is 18.4 Å². The molecule has 2 aromatic carbocycles. The lowest BCUT2D eigenvalue weighted by atomic mass is 10.1. The predicted molar refractivity (Wildman–Crippen MR) is 94.0 cm³/mol. The Kier molecular flexibility index (Phi) is 4.41. The summed E-state index contributed by atoms with van der Waals surface area (Å²) < 4.78 is 0. The van der Waals surface area contributed by atoms with Gasteiger partial charge in [-0.1, -0.05) is 36.3 Å². The SMILES string of the molecule is CC#Cc1ccc(N(C2=CC=CCC2)c2ccccc2)cc1. The fourth-order valence-electron chi connectivity index (χ4n) is 2.67. The molecular formula is C21H19N. The van der Waals surface area contributed by atoms with Gasteiger partial charge in [-0.15, -0.1) is 5.92 Å². The van der Waals surface area contributed by atoms with Crippen LogP contribution in [0, 0.1) is 11.8 Å². The molecule has 1 aliphatic carbocycles. The van der Waals surface area contributed by atoms with Crippen LogP contribution in [0.1, 0.15) is 25.3 Å². The van der Waals surface area contributed by atoms with Crippen molar-refractivity contribution in [1.82, 2.24) is 0 Å². The van der Waals surface area contributed by atoms with Crippen molar-refractivity contribution < 1.29 is 0 Å². The van der Waals surface area contributed by atoms with E-state index in [4.69, 9.17) is 0 Å². The molecule has 0 radical (unpaired) electrons.